The smallest absolute Gasteiger partial charge is 0.0931 e. The molecule has 0 bridgehead atoms. The molecule has 14 heavy (non-hydrogen) atoms. The van der Waals surface area contributed by atoms with E-state index < -0.39 is 0 Å². The molecule has 1 aromatic heterocycles. The van der Waals surface area contributed by atoms with Crippen molar-refractivity contribution in [3.8, 4) is 0 Å². The van der Waals surface area contributed by atoms with Gasteiger partial charge in [-0.2, -0.15) is 0 Å². The highest BCUT2D eigenvalue weighted by Gasteiger charge is 2.12. The van der Waals surface area contributed by atoms with E-state index in [-0.39, 0.29) is 0 Å². The molecule has 0 amide bonds. The second-order valence-electron chi connectivity index (χ2n) is 3.86. The molecule has 0 aliphatic rings. The molecule has 2 nitrogen and oxygen atoms in total. The van der Waals surface area contributed by atoms with Gasteiger partial charge in [-0.1, -0.05) is 20.8 Å². The predicted octanol–water partition coefficient (Wildman–Crippen LogP) is 2.72. The molecule has 0 saturated heterocycles. The predicted molar refractivity (Wildman–Crippen MR) is 63.0 cm³/mol. The Balaban J connectivity index is 2.87. The number of aryl methyl sites for hydroxylation is 1. The lowest BCUT2D eigenvalue weighted by molar-refractivity contribution is 0.793. The molecular weight excluding hydrogens is 192 g/mol. The summed E-state index contributed by atoms with van der Waals surface area (Å²) in [4.78, 5) is 6.08. The average Bonchev–Trinajstić information content (AvgIpc) is 2.49. The van der Waals surface area contributed by atoms with Gasteiger partial charge in [0.2, 0.25) is 0 Å². The first kappa shape index (κ1) is 11.7. The second-order valence-corrected chi connectivity index (χ2v) is 5.03. The van der Waals surface area contributed by atoms with Gasteiger partial charge in [-0.15, -0.1) is 11.3 Å². The van der Waals surface area contributed by atoms with Crippen molar-refractivity contribution in [2.45, 2.75) is 46.0 Å². The molecule has 1 aromatic rings. The monoisotopic (exact) mass is 212 g/mol. The highest BCUT2D eigenvalue weighted by Crippen LogP contribution is 2.26. The standard InChI is InChI=1S/C11H20N2S/c1-4-5-10-13-11(8(2)3)9(14-10)6-7-12/h8H,4-7,12H2,1-3H3. The first-order valence-corrected chi connectivity index (χ1v) is 6.19. The molecule has 1 rings (SSSR count). The molecule has 80 valence electrons. The van der Waals surface area contributed by atoms with E-state index in [0.717, 1.165) is 19.4 Å². The van der Waals surface area contributed by atoms with E-state index in [1.807, 2.05) is 11.3 Å². The van der Waals surface area contributed by atoms with Gasteiger partial charge in [0, 0.05) is 4.88 Å². The Labute approximate surface area is 90.6 Å². The van der Waals surface area contributed by atoms with Gasteiger partial charge in [0.15, 0.2) is 0 Å². The van der Waals surface area contributed by atoms with Crippen molar-refractivity contribution in [2.75, 3.05) is 6.54 Å². The third-order valence-corrected chi connectivity index (χ3v) is 3.34. The molecular formula is C11H20N2S. The van der Waals surface area contributed by atoms with E-state index in [1.54, 1.807) is 0 Å². The van der Waals surface area contributed by atoms with Crippen LogP contribution in [0.15, 0.2) is 0 Å². The van der Waals surface area contributed by atoms with E-state index in [1.165, 1.54) is 22.0 Å². The fourth-order valence-corrected chi connectivity index (χ4v) is 2.84. The zero-order chi connectivity index (χ0) is 10.6. The van der Waals surface area contributed by atoms with Crippen molar-refractivity contribution in [3.63, 3.8) is 0 Å². The van der Waals surface area contributed by atoms with Crippen LogP contribution in [0.4, 0.5) is 0 Å². The van der Waals surface area contributed by atoms with Crippen LogP contribution in [0.3, 0.4) is 0 Å². The molecule has 0 atom stereocenters. The van der Waals surface area contributed by atoms with Crippen molar-refractivity contribution in [2.24, 2.45) is 5.73 Å². The van der Waals surface area contributed by atoms with Gasteiger partial charge in [-0.3, -0.25) is 0 Å². The van der Waals surface area contributed by atoms with Crippen molar-refractivity contribution in [1.82, 2.24) is 4.98 Å². The van der Waals surface area contributed by atoms with Gasteiger partial charge in [-0.05, 0) is 31.7 Å². The molecule has 0 spiro atoms. The largest absolute Gasteiger partial charge is 0.330 e. The van der Waals surface area contributed by atoms with Gasteiger partial charge < -0.3 is 5.73 Å². The number of hydrogen-bond acceptors (Lipinski definition) is 3. The fraction of sp³-hybridized carbons (Fsp3) is 0.727. The van der Waals surface area contributed by atoms with E-state index in [0.29, 0.717) is 5.92 Å². The maximum absolute atomic E-state index is 5.59. The molecule has 0 unspecified atom stereocenters. The minimum atomic E-state index is 0.526. The first-order chi connectivity index (χ1) is 6.69. The second kappa shape index (κ2) is 5.47. The zero-order valence-corrected chi connectivity index (χ0v) is 10.2. The summed E-state index contributed by atoms with van der Waals surface area (Å²) in [7, 11) is 0. The number of aromatic nitrogens is 1. The summed E-state index contributed by atoms with van der Waals surface area (Å²) in [6.45, 7) is 7.32. The normalized spacial score (nSPS) is 11.2. The maximum Gasteiger partial charge on any atom is 0.0931 e. The quantitative estimate of drug-likeness (QED) is 0.815. The number of hydrogen-bond donors (Lipinski definition) is 1. The summed E-state index contributed by atoms with van der Waals surface area (Å²) in [5, 5.41) is 1.28. The molecule has 1 heterocycles. The lowest BCUT2D eigenvalue weighted by Gasteiger charge is -2.02. The van der Waals surface area contributed by atoms with Crippen LogP contribution in [0.2, 0.25) is 0 Å². The molecule has 2 N–H and O–H groups in total. The summed E-state index contributed by atoms with van der Waals surface area (Å²) in [6, 6.07) is 0. The Morgan fingerprint density at radius 2 is 2.07 bits per heavy atom. The van der Waals surface area contributed by atoms with Gasteiger partial charge in [-0.25, -0.2) is 4.98 Å². The highest BCUT2D eigenvalue weighted by molar-refractivity contribution is 7.11. The van der Waals surface area contributed by atoms with Gasteiger partial charge in [0.05, 0.1) is 10.7 Å². The van der Waals surface area contributed by atoms with E-state index in [9.17, 15) is 0 Å². The molecule has 0 radical (unpaired) electrons. The molecule has 0 fully saturated rings. The van der Waals surface area contributed by atoms with Gasteiger partial charge >= 0.3 is 0 Å². The highest BCUT2D eigenvalue weighted by atomic mass is 32.1. The minimum Gasteiger partial charge on any atom is -0.330 e. The van der Waals surface area contributed by atoms with Crippen molar-refractivity contribution in [1.29, 1.82) is 0 Å². The van der Waals surface area contributed by atoms with Crippen LogP contribution >= 0.6 is 11.3 Å². The van der Waals surface area contributed by atoms with Crippen LogP contribution in [0.25, 0.3) is 0 Å². The fourth-order valence-electron chi connectivity index (χ4n) is 1.50. The summed E-state index contributed by atoms with van der Waals surface area (Å²) >= 11 is 1.85. The molecule has 3 heteroatoms. The number of thiazole rings is 1. The van der Waals surface area contributed by atoms with Crippen LogP contribution in [-0.2, 0) is 12.8 Å². The van der Waals surface area contributed by atoms with Crippen LogP contribution < -0.4 is 5.73 Å². The van der Waals surface area contributed by atoms with Crippen LogP contribution in [0.1, 0.15) is 48.7 Å². The van der Waals surface area contributed by atoms with E-state index in [4.69, 9.17) is 5.73 Å². The number of nitrogens with two attached hydrogens (primary N) is 1. The zero-order valence-electron chi connectivity index (χ0n) is 9.34. The maximum atomic E-state index is 5.59. The SMILES string of the molecule is CCCc1nc(C(C)C)c(CCN)s1. The third-order valence-electron chi connectivity index (χ3n) is 2.15. The molecule has 0 aliphatic heterocycles. The summed E-state index contributed by atoms with van der Waals surface area (Å²) in [5.41, 5.74) is 6.86. The topological polar surface area (TPSA) is 38.9 Å². The Bertz CT molecular complexity index is 279. The summed E-state index contributed by atoms with van der Waals surface area (Å²) in [6.07, 6.45) is 3.26. The Kier molecular flexibility index (Phi) is 4.55. The molecule has 0 aromatic carbocycles. The average molecular weight is 212 g/mol. The summed E-state index contributed by atoms with van der Waals surface area (Å²) < 4.78 is 0. The third kappa shape index (κ3) is 2.79. The van der Waals surface area contributed by atoms with Crippen molar-refractivity contribution in [3.05, 3.63) is 15.6 Å². The minimum absolute atomic E-state index is 0.526. The Morgan fingerprint density at radius 1 is 1.36 bits per heavy atom. The van der Waals surface area contributed by atoms with E-state index in [2.05, 4.69) is 25.8 Å². The lowest BCUT2D eigenvalue weighted by Crippen LogP contribution is -2.04. The Morgan fingerprint density at radius 3 is 2.57 bits per heavy atom. The lowest BCUT2D eigenvalue weighted by atomic mass is 10.1. The van der Waals surface area contributed by atoms with E-state index >= 15 is 0 Å². The number of nitrogens with zero attached hydrogens (tertiary/aromatic N) is 1. The van der Waals surface area contributed by atoms with Crippen molar-refractivity contribution >= 4 is 11.3 Å². The van der Waals surface area contributed by atoms with Crippen LogP contribution in [0, 0.1) is 0 Å². The van der Waals surface area contributed by atoms with Gasteiger partial charge in [0.25, 0.3) is 0 Å². The van der Waals surface area contributed by atoms with Gasteiger partial charge in [0.1, 0.15) is 0 Å². The Hall–Kier alpha value is -0.410. The molecule has 0 saturated carbocycles. The van der Waals surface area contributed by atoms with Crippen LogP contribution in [-0.4, -0.2) is 11.5 Å². The summed E-state index contributed by atoms with van der Waals surface area (Å²) in [5.74, 6) is 0.526. The van der Waals surface area contributed by atoms with Crippen molar-refractivity contribution < 1.29 is 0 Å². The number of rotatable bonds is 5. The first-order valence-electron chi connectivity index (χ1n) is 5.37. The molecule has 0 aliphatic carbocycles. The van der Waals surface area contributed by atoms with Crippen LogP contribution in [0.5, 0.6) is 0 Å².